The first-order chi connectivity index (χ1) is 16.3. The zero-order valence-electron chi connectivity index (χ0n) is 21.2. The van der Waals surface area contributed by atoms with Gasteiger partial charge in [0.15, 0.2) is 0 Å². The number of hydrogen-bond acceptors (Lipinski definition) is 3. The van der Waals surface area contributed by atoms with Crippen LogP contribution in [0.15, 0.2) is 36.4 Å². The molecule has 3 heteroatoms. The fourth-order valence-corrected chi connectivity index (χ4v) is 5.14. The Kier molecular flexibility index (Phi) is 11.8. The molecule has 0 aliphatic heterocycles. The average molecular weight is 451 g/mol. The minimum atomic E-state index is 0.627. The monoisotopic (exact) mass is 450 g/mol. The summed E-state index contributed by atoms with van der Waals surface area (Å²) in [5.74, 6) is 2.57. The lowest BCUT2D eigenvalue weighted by molar-refractivity contribution is 0.249. The first-order valence-electron chi connectivity index (χ1n) is 13.8. The van der Waals surface area contributed by atoms with Gasteiger partial charge in [-0.05, 0) is 42.7 Å². The molecular weight excluding hydrogens is 404 g/mol. The number of nitrogens with zero attached hydrogens (tertiary/aromatic N) is 2. The van der Waals surface area contributed by atoms with Crippen LogP contribution in [0.4, 0.5) is 0 Å². The maximum absolute atomic E-state index is 5.71. The van der Waals surface area contributed by atoms with Crippen molar-refractivity contribution in [3.8, 4) is 17.1 Å². The maximum Gasteiger partial charge on any atom is 0.233 e. The summed E-state index contributed by atoms with van der Waals surface area (Å²) in [7, 11) is 0. The van der Waals surface area contributed by atoms with Gasteiger partial charge in [-0.2, -0.15) is 0 Å². The van der Waals surface area contributed by atoms with E-state index < -0.39 is 0 Å². The molecule has 0 atom stereocenters. The zero-order valence-corrected chi connectivity index (χ0v) is 21.2. The molecule has 1 aliphatic carbocycles. The van der Waals surface area contributed by atoms with Crippen LogP contribution in [-0.4, -0.2) is 16.8 Å². The Bertz CT molecular complexity index is 748. The largest absolute Gasteiger partial charge is 0.477 e. The summed E-state index contributed by atoms with van der Waals surface area (Å²) >= 11 is 0. The lowest BCUT2D eigenvalue weighted by Gasteiger charge is -2.28. The smallest absolute Gasteiger partial charge is 0.233 e. The molecule has 182 valence electrons. The van der Waals surface area contributed by atoms with Gasteiger partial charge in [-0.1, -0.05) is 115 Å². The van der Waals surface area contributed by atoms with Crippen LogP contribution in [0.5, 0.6) is 5.88 Å². The van der Waals surface area contributed by atoms with Crippen molar-refractivity contribution in [2.45, 2.75) is 110 Å². The highest BCUT2D eigenvalue weighted by Gasteiger charge is 2.20. The molecule has 0 N–H and O–H groups in total. The van der Waals surface area contributed by atoms with Gasteiger partial charge < -0.3 is 4.74 Å². The van der Waals surface area contributed by atoms with Gasteiger partial charge >= 0.3 is 0 Å². The van der Waals surface area contributed by atoms with Gasteiger partial charge in [-0.15, -0.1) is 10.2 Å². The van der Waals surface area contributed by atoms with Crippen LogP contribution in [0, 0.1) is 11.8 Å². The highest BCUT2D eigenvalue weighted by atomic mass is 16.5. The molecule has 1 fully saturated rings. The van der Waals surface area contributed by atoms with Crippen molar-refractivity contribution >= 4 is 0 Å². The number of unbranched alkanes of at least 4 members (excludes halogenated alkanes) is 6. The molecule has 1 aliphatic rings. The Morgan fingerprint density at radius 2 is 1.36 bits per heavy atom. The highest BCUT2D eigenvalue weighted by Crippen LogP contribution is 2.34. The molecule has 0 saturated heterocycles. The van der Waals surface area contributed by atoms with Gasteiger partial charge in [0.2, 0.25) is 5.88 Å². The van der Waals surface area contributed by atoms with E-state index in [9.17, 15) is 0 Å². The van der Waals surface area contributed by atoms with Crippen molar-refractivity contribution < 1.29 is 4.74 Å². The second-order valence-electron chi connectivity index (χ2n) is 10.1. The molecule has 3 nitrogen and oxygen atoms in total. The molecule has 0 amide bonds. The minimum absolute atomic E-state index is 0.627. The second kappa shape index (κ2) is 15.1. The summed E-state index contributed by atoms with van der Waals surface area (Å²) in [5.41, 5.74) is 3.49. The topological polar surface area (TPSA) is 35.0 Å². The quantitative estimate of drug-likeness (QED) is 0.254. The molecule has 0 radical (unpaired) electrons. The fourth-order valence-electron chi connectivity index (χ4n) is 5.14. The van der Waals surface area contributed by atoms with E-state index in [1.54, 1.807) is 0 Å². The molecule has 0 bridgehead atoms. The van der Waals surface area contributed by atoms with Crippen molar-refractivity contribution in [1.29, 1.82) is 0 Å². The molecule has 2 aromatic rings. The highest BCUT2D eigenvalue weighted by molar-refractivity contribution is 5.59. The van der Waals surface area contributed by atoms with E-state index in [0.717, 1.165) is 36.1 Å². The van der Waals surface area contributed by atoms with Crippen molar-refractivity contribution in [2.24, 2.45) is 11.8 Å². The predicted molar refractivity (Wildman–Crippen MR) is 140 cm³/mol. The van der Waals surface area contributed by atoms with Crippen LogP contribution in [0.1, 0.15) is 109 Å². The van der Waals surface area contributed by atoms with Crippen LogP contribution in [0.3, 0.4) is 0 Å². The van der Waals surface area contributed by atoms with Gasteiger partial charge in [-0.3, -0.25) is 0 Å². The predicted octanol–water partition coefficient (Wildman–Crippen LogP) is 8.81. The third-order valence-electron chi connectivity index (χ3n) is 7.41. The van der Waals surface area contributed by atoms with Crippen molar-refractivity contribution in [3.05, 3.63) is 42.0 Å². The number of aryl methyl sites for hydroxylation is 1. The molecule has 1 heterocycles. The molecule has 1 aromatic carbocycles. The summed E-state index contributed by atoms with van der Waals surface area (Å²) in [6.07, 6.45) is 20.3. The van der Waals surface area contributed by atoms with Crippen molar-refractivity contribution in [2.75, 3.05) is 6.61 Å². The number of benzene rings is 1. The summed E-state index contributed by atoms with van der Waals surface area (Å²) in [6.45, 7) is 5.25. The number of hydrogen-bond donors (Lipinski definition) is 0. The number of rotatable bonds is 15. The van der Waals surface area contributed by atoms with Crippen LogP contribution >= 0.6 is 0 Å². The average Bonchev–Trinajstić information content (AvgIpc) is 2.87. The third kappa shape index (κ3) is 9.47. The molecule has 1 aromatic heterocycles. The molecule has 1 saturated carbocycles. The summed E-state index contributed by atoms with van der Waals surface area (Å²) in [4.78, 5) is 0. The van der Waals surface area contributed by atoms with Crippen molar-refractivity contribution in [1.82, 2.24) is 10.2 Å². The molecule has 3 rings (SSSR count). The zero-order chi connectivity index (χ0) is 23.1. The number of ether oxygens (including phenoxy) is 1. The minimum Gasteiger partial charge on any atom is -0.477 e. The third-order valence-corrected chi connectivity index (χ3v) is 7.41. The first kappa shape index (κ1) is 25.7. The van der Waals surface area contributed by atoms with Crippen LogP contribution in [-0.2, 0) is 6.42 Å². The van der Waals surface area contributed by atoms with E-state index in [-0.39, 0.29) is 0 Å². The molecule has 0 unspecified atom stereocenters. The fraction of sp³-hybridized carbons (Fsp3) is 0.667. The Morgan fingerprint density at radius 1 is 0.697 bits per heavy atom. The van der Waals surface area contributed by atoms with Crippen LogP contribution in [0.25, 0.3) is 11.3 Å². The summed E-state index contributed by atoms with van der Waals surface area (Å²) in [6, 6.07) is 12.9. The second-order valence-corrected chi connectivity index (χ2v) is 10.1. The maximum atomic E-state index is 5.71. The number of aromatic nitrogens is 2. The van der Waals surface area contributed by atoms with Gasteiger partial charge in [0.25, 0.3) is 0 Å². The standard InChI is InChI=1S/C30H46N2O/c1-3-5-7-9-11-25-12-14-26(15-13-25)16-17-27-18-20-28(21-19-27)29-22-23-30(32-31-29)33-24-10-8-6-4-2/h18-23,25-26H,3-17,24H2,1-2H3. The van der Waals surface area contributed by atoms with E-state index >= 15 is 0 Å². The Morgan fingerprint density at radius 3 is 2.00 bits per heavy atom. The van der Waals surface area contributed by atoms with Crippen LogP contribution < -0.4 is 4.74 Å². The Labute approximate surface area is 202 Å². The van der Waals surface area contributed by atoms with E-state index in [0.29, 0.717) is 5.88 Å². The molecule has 33 heavy (non-hydrogen) atoms. The van der Waals surface area contributed by atoms with E-state index in [1.165, 1.54) is 95.5 Å². The Balaban J connectivity index is 1.35. The van der Waals surface area contributed by atoms with Gasteiger partial charge in [0, 0.05) is 11.6 Å². The first-order valence-corrected chi connectivity index (χ1v) is 13.8. The SMILES string of the molecule is CCCCCCOc1ccc(-c2ccc(CCC3CCC(CCCCCC)CC3)cc2)nn1. The van der Waals surface area contributed by atoms with Gasteiger partial charge in [-0.25, -0.2) is 0 Å². The van der Waals surface area contributed by atoms with Crippen LogP contribution in [0.2, 0.25) is 0 Å². The van der Waals surface area contributed by atoms with E-state index in [2.05, 4.69) is 48.3 Å². The molecular formula is C30H46N2O. The summed E-state index contributed by atoms with van der Waals surface area (Å²) < 4.78 is 5.71. The lowest BCUT2D eigenvalue weighted by Crippen LogP contribution is -2.15. The van der Waals surface area contributed by atoms with Gasteiger partial charge in [0.05, 0.1) is 12.3 Å². The van der Waals surface area contributed by atoms with Crippen molar-refractivity contribution in [3.63, 3.8) is 0 Å². The van der Waals surface area contributed by atoms with Gasteiger partial charge in [0.1, 0.15) is 0 Å². The molecule has 0 spiro atoms. The normalized spacial score (nSPS) is 18.4. The lowest BCUT2D eigenvalue weighted by atomic mass is 9.77. The summed E-state index contributed by atoms with van der Waals surface area (Å²) in [5, 5.41) is 8.63. The Hall–Kier alpha value is -1.90. The van der Waals surface area contributed by atoms with E-state index in [1.807, 2.05) is 12.1 Å². The van der Waals surface area contributed by atoms with E-state index in [4.69, 9.17) is 4.74 Å².